The van der Waals surface area contributed by atoms with E-state index in [1.165, 1.54) is 0 Å². The van der Waals surface area contributed by atoms with Crippen LogP contribution in [0.25, 0.3) is 23.1 Å². The van der Waals surface area contributed by atoms with Gasteiger partial charge in [0.05, 0.1) is 22.5 Å². The molecular weight excluding hydrogens is 534 g/mol. The van der Waals surface area contributed by atoms with E-state index in [1.54, 1.807) is 11.0 Å². The van der Waals surface area contributed by atoms with Crippen LogP contribution in [0.5, 0.6) is 0 Å². The molecule has 1 saturated heterocycles. The third-order valence-corrected chi connectivity index (χ3v) is 7.58. The molecule has 1 fully saturated rings. The van der Waals surface area contributed by atoms with Crippen LogP contribution >= 0.6 is 12.6 Å². The summed E-state index contributed by atoms with van der Waals surface area (Å²) in [5.74, 6) is -0.231. The molecule has 0 spiro atoms. The number of anilines is 2. The first-order valence-corrected chi connectivity index (χ1v) is 14.1. The van der Waals surface area contributed by atoms with Crippen molar-refractivity contribution in [2.75, 3.05) is 36.4 Å². The van der Waals surface area contributed by atoms with Crippen LogP contribution < -0.4 is 10.2 Å². The number of rotatable bonds is 5. The quantitative estimate of drug-likeness (QED) is 0.235. The molecule has 2 amide bonds. The number of nitrogens with one attached hydrogen (secondary N) is 2. The maximum atomic E-state index is 13.4. The lowest BCUT2D eigenvalue weighted by Gasteiger charge is -2.37. The number of aromatic amines is 1. The first kappa shape index (κ1) is 28.3. The highest BCUT2D eigenvalue weighted by Gasteiger charge is 2.26. The number of ether oxygens (including phenoxy) is 1. The number of para-hydroxylation sites is 1. The maximum absolute atomic E-state index is 13.4. The molecule has 212 valence electrons. The summed E-state index contributed by atoms with van der Waals surface area (Å²) in [7, 11) is 0. The van der Waals surface area contributed by atoms with Gasteiger partial charge in [-0.25, -0.2) is 4.79 Å². The van der Waals surface area contributed by atoms with Gasteiger partial charge in [-0.05, 0) is 69.2 Å². The summed E-state index contributed by atoms with van der Waals surface area (Å²) in [4.78, 5) is 30.5. The Balaban J connectivity index is 1.41. The second kappa shape index (κ2) is 11.7. The number of amides is 2. The Bertz CT molecular complexity index is 1610. The summed E-state index contributed by atoms with van der Waals surface area (Å²) in [6, 6.07) is 19.5. The SMILES string of the molecule is Cc1cccc(C(=O)Nc2cc(N3CCN(C(=O)OC(C)(C)C)CC3)ccc2/C=C/c2n[nH]c3ccccc23)c1S. The van der Waals surface area contributed by atoms with Gasteiger partial charge >= 0.3 is 6.09 Å². The summed E-state index contributed by atoms with van der Waals surface area (Å²) in [6.07, 6.45) is 3.61. The van der Waals surface area contributed by atoms with E-state index in [4.69, 9.17) is 4.74 Å². The van der Waals surface area contributed by atoms with Crippen LogP contribution in [0.1, 0.15) is 48.0 Å². The third-order valence-electron chi connectivity index (χ3n) is 6.98. The lowest BCUT2D eigenvalue weighted by atomic mass is 10.1. The van der Waals surface area contributed by atoms with Crippen molar-refractivity contribution in [3.8, 4) is 0 Å². The fourth-order valence-electron chi connectivity index (χ4n) is 4.78. The average Bonchev–Trinajstić information content (AvgIpc) is 3.36. The van der Waals surface area contributed by atoms with Gasteiger partial charge in [-0.15, -0.1) is 12.6 Å². The summed E-state index contributed by atoms with van der Waals surface area (Å²) < 4.78 is 5.54. The van der Waals surface area contributed by atoms with E-state index < -0.39 is 5.60 Å². The fourth-order valence-corrected chi connectivity index (χ4v) is 5.03. The van der Waals surface area contributed by atoms with E-state index in [9.17, 15) is 9.59 Å². The molecular formula is C32H35N5O3S. The van der Waals surface area contributed by atoms with Gasteiger partial charge in [0.2, 0.25) is 0 Å². The Morgan fingerprint density at radius 3 is 2.51 bits per heavy atom. The standard InChI is InChI=1S/C32H35N5O3S/c1-21-8-7-10-25(29(21)41)30(38)33-28-20-23(36-16-18-37(19-17-36)31(39)40-32(2,3)4)14-12-22(28)13-15-27-24-9-5-6-11-26(24)34-35-27/h5-15,20,41H,16-19H2,1-4H3,(H,33,38)(H,34,35)/b15-13+. The molecule has 9 heteroatoms. The molecule has 2 heterocycles. The summed E-state index contributed by atoms with van der Waals surface area (Å²) in [5.41, 5.74) is 5.17. The Hall–Kier alpha value is -4.24. The van der Waals surface area contributed by atoms with Crippen LogP contribution in [0.3, 0.4) is 0 Å². The Kier molecular flexibility index (Phi) is 8.08. The molecule has 0 aliphatic carbocycles. The van der Waals surface area contributed by atoms with Crippen molar-refractivity contribution < 1.29 is 14.3 Å². The third kappa shape index (κ3) is 6.57. The van der Waals surface area contributed by atoms with Gasteiger partial charge in [0.25, 0.3) is 5.91 Å². The number of hydrogen-bond donors (Lipinski definition) is 3. The van der Waals surface area contributed by atoms with Gasteiger partial charge in [0, 0.05) is 42.1 Å². The van der Waals surface area contributed by atoms with Crippen LogP contribution in [-0.4, -0.2) is 58.9 Å². The number of hydrogen-bond acceptors (Lipinski definition) is 6. The number of aromatic nitrogens is 2. The maximum Gasteiger partial charge on any atom is 0.410 e. The van der Waals surface area contributed by atoms with Crippen molar-refractivity contribution in [2.24, 2.45) is 0 Å². The number of thiol groups is 1. The van der Waals surface area contributed by atoms with Crippen LogP contribution in [0.15, 0.2) is 65.6 Å². The van der Waals surface area contributed by atoms with Crippen LogP contribution in [0.4, 0.5) is 16.2 Å². The Morgan fingerprint density at radius 1 is 1.00 bits per heavy atom. The van der Waals surface area contributed by atoms with E-state index in [-0.39, 0.29) is 12.0 Å². The van der Waals surface area contributed by atoms with Gasteiger partial charge in [-0.2, -0.15) is 5.10 Å². The lowest BCUT2D eigenvalue weighted by Crippen LogP contribution is -2.50. The minimum absolute atomic E-state index is 0.231. The molecule has 0 saturated carbocycles. The summed E-state index contributed by atoms with van der Waals surface area (Å²) in [5, 5.41) is 11.6. The summed E-state index contributed by atoms with van der Waals surface area (Å²) in [6.45, 7) is 9.95. The van der Waals surface area contributed by atoms with Crippen molar-refractivity contribution in [2.45, 2.75) is 38.2 Å². The van der Waals surface area contributed by atoms with Gasteiger partial charge in [0.1, 0.15) is 5.60 Å². The Labute approximate surface area is 245 Å². The van der Waals surface area contributed by atoms with Crippen molar-refractivity contribution >= 4 is 59.1 Å². The minimum atomic E-state index is -0.531. The van der Waals surface area contributed by atoms with Crippen molar-refractivity contribution in [1.82, 2.24) is 15.1 Å². The van der Waals surface area contributed by atoms with Gasteiger partial charge in [-0.3, -0.25) is 9.89 Å². The van der Waals surface area contributed by atoms with Crippen LogP contribution in [0.2, 0.25) is 0 Å². The zero-order chi connectivity index (χ0) is 29.1. The lowest BCUT2D eigenvalue weighted by molar-refractivity contribution is 0.0240. The van der Waals surface area contributed by atoms with E-state index >= 15 is 0 Å². The number of benzene rings is 3. The van der Waals surface area contributed by atoms with E-state index in [2.05, 4.69) is 33.0 Å². The van der Waals surface area contributed by atoms with Crippen LogP contribution in [0, 0.1) is 6.92 Å². The minimum Gasteiger partial charge on any atom is -0.444 e. The average molecular weight is 570 g/mol. The molecule has 3 aromatic carbocycles. The zero-order valence-corrected chi connectivity index (χ0v) is 24.7. The largest absolute Gasteiger partial charge is 0.444 e. The van der Waals surface area contributed by atoms with Gasteiger partial charge < -0.3 is 19.9 Å². The number of aryl methyl sites for hydroxylation is 1. The van der Waals surface area contributed by atoms with Crippen molar-refractivity contribution in [3.63, 3.8) is 0 Å². The van der Waals surface area contributed by atoms with E-state index in [1.807, 2.05) is 94.4 Å². The van der Waals surface area contributed by atoms with Crippen molar-refractivity contribution in [1.29, 1.82) is 0 Å². The van der Waals surface area contributed by atoms with Crippen LogP contribution in [-0.2, 0) is 4.74 Å². The summed E-state index contributed by atoms with van der Waals surface area (Å²) >= 11 is 4.58. The number of nitrogens with zero attached hydrogens (tertiary/aromatic N) is 3. The molecule has 0 bridgehead atoms. The molecule has 2 N–H and O–H groups in total. The monoisotopic (exact) mass is 569 g/mol. The Morgan fingerprint density at radius 2 is 1.76 bits per heavy atom. The van der Waals surface area contributed by atoms with E-state index in [0.717, 1.165) is 33.4 Å². The molecule has 1 aliphatic heterocycles. The molecule has 41 heavy (non-hydrogen) atoms. The number of H-pyrrole nitrogens is 1. The fraction of sp³-hybridized carbons (Fsp3) is 0.281. The molecule has 8 nitrogen and oxygen atoms in total. The molecule has 5 rings (SSSR count). The zero-order valence-electron chi connectivity index (χ0n) is 23.8. The highest BCUT2D eigenvalue weighted by atomic mass is 32.1. The number of carbonyl (C=O) groups is 2. The predicted molar refractivity (Wildman–Crippen MR) is 168 cm³/mol. The number of piperazine rings is 1. The first-order chi connectivity index (χ1) is 19.6. The molecule has 0 radical (unpaired) electrons. The molecule has 1 aliphatic rings. The predicted octanol–water partition coefficient (Wildman–Crippen LogP) is 6.64. The topological polar surface area (TPSA) is 90.6 Å². The molecule has 0 unspecified atom stereocenters. The highest BCUT2D eigenvalue weighted by molar-refractivity contribution is 7.80. The number of fused-ring (bicyclic) bond motifs is 1. The second-order valence-corrected chi connectivity index (χ2v) is 11.6. The normalized spacial score (nSPS) is 14.1. The highest BCUT2D eigenvalue weighted by Crippen LogP contribution is 2.29. The smallest absolute Gasteiger partial charge is 0.410 e. The van der Waals surface area contributed by atoms with Crippen molar-refractivity contribution in [3.05, 3.63) is 83.0 Å². The molecule has 0 atom stereocenters. The van der Waals surface area contributed by atoms with E-state index in [0.29, 0.717) is 42.3 Å². The molecule has 1 aromatic heterocycles. The second-order valence-electron chi connectivity index (χ2n) is 11.1. The first-order valence-electron chi connectivity index (χ1n) is 13.7. The van der Waals surface area contributed by atoms with Gasteiger partial charge in [0.15, 0.2) is 0 Å². The number of carbonyl (C=O) groups excluding carboxylic acids is 2. The molecule has 4 aromatic rings. The van der Waals surface area contributed by atoms with Gasteiger partial charge in [-0.1, -0.05) is 42.5 Å².